The highest BCUT2D eigenvalue weighted by Crippen LogP contribution is 2.20. The summed E-state index contributed by atoms with van der Waals surface area (Å²) in [7, 11) is 0. The van der Waals surface area contributed by atoms with Crippen molar-refractivity contribution in [3.8, 4) is 0 Å². The van der Waals surface area contributed by atoms with Crippen LogP contribution in [0, 0.1) is 5.41 Å². The van der Waals surface area contributed by atoms with E-state index in [0.29, 0.717) is 6.54 Å². The number of fused-ring (bicyclic) bond motifs is 1. The standard InChI is InChI=1S/C11H17N3O/c1-11(2,3)10(15)14-7-6-13-5-4-12-9(13)8-14/h4-5H,6-8H2,1-3H3. The molecule has 1 aliphatic rings. The smallest absolute Gasteiger partial charge is 0.228 e. The van der Waals surface area contributed by atoms with Gasteiger partial charge in [-0.25, -0.2) is 4.98 Å². The number of carbonyl (C=O) groups excluding carboxylic acids is 1. The summed E-state index contributed by atoms with van der Waals surface area (Å²) in [5.74, 6) is 1.19. The Labute approximate surface area is 89.9 Å². The van der Waals surface area contributed by atoms with Gasteiger partial charge in [0.15, 0.2) is 0 Å². The van der Waals surface area contributed by atoms with Crippen molar-refractivity contribution in [3.63, 3.8) is 0 Å². The Balaban J connectivity index is 2.14. The minimum Gasteiger partial charge on any atom is -0.333 e. The van der Waals surface area contributed by atoms with Crippen LogP contribution in [0.5, 0.6) is 0 Å². The number of hydrogen-bond acceptors (Lipinski definition) is 2. The molecule has 82 valence electrons. The molecule has 4 heteroatoms. The molecule has 0 spiro atoms. The molecule has 1 aliphatic heterocycles. The Kier molecular flexibility index (Phi) is 2.29. The number of rotatable bonds is 0. The molecule has 0 N–H and O–H groups in total. The normalized spacial score (nSPS) is 16.3. The molecule has 1 aromatic heterocycles. The van der Waals surface area contributed by atoms with E-state index in [1.54, 1.807) is 6.20 Å². The van der Waals surface area contributed by atoms with Gasteiger partial charge in [-0.2, -0.15) is 0 Å². The topological polar surface area (TPSA) is 38.1 Å². The molecule has 0 fully saturated rings. The van der Waals surface area contributed by atoms with Crippen LogP contribution in [-0.2, 0) is 17.9 Å². The summed E-state index contributed by atoms with van der Waals surface area (Å²) in [6.45, 7) is 8.16. The number of hydrogen-bond donors (Lipinski definition) is 0. The third kappa shape index (κ3) is 1.89. The second-order valence-corrected chi connectivity index (χ2v) is 5.01. The van der Waals surface area contributed by atoms with Crippen molar-refractivity contribution in [2.75, 3.05) is 6.54 Å². The molecule has 2 heterocycles. The van der Waals surface area contributed by atoms with Gasteiger partial charge < -0.3 is 9.47 Å². The Bertz CT molecular complexity index is 375. The van der Waals surface area contributed by atoms with Crippen LogP contribution in [0.2, 0.25) is 0 Å². The lowest BCUT2D eigenvalue weighted by Gasteiger charge is -2.32. The summed E-state index contributed by atoms with van der Waals surface area (Å²) in [5, 5.41) is 0. The van der Waals surface area contributed by atoms with Gasteiger partial charge in [-0.3, -0.25) is 4.79 Å². The van der Waals surface area contributed by atoms with Crippen LogP contribution in [-0.4, -0.2) is 26.9 Å². The largest absolute Gasteiger partial charge is 0.333 e. The predicted molar refractivity (Wildman–Crippen MR) is 57.1 cm³/mol. The number of nitrogens with zero attached hydrogens (tertiary/aromatic N) is 3. The van der Waals surface area contributed by atoms with Crippen LogP contribution in [0.15, 0.2) is 12.4 Å². The van der Waals surface area contributed by atoms with Crippen molar-refractivity contribution in [2.24, 2.45) is 5.41 Å². The lowest BCUT2D eigenvalue weighted by molar-refractivity contribution is -0.141. The van der Waals surface area contributed by atoms with Gasteiger partial charge in [-0.05, 0) is 0 Å². The maximum absolute atomic E-state index is 12.0. The van der Waals surface area contributed by atoms with Crippen molar-refractivity contribution in [3.05, 3.63) is 18.2 Å². The van der Waals surface area contributed by atoms with Gasteiger partial charge >= 0.3 is 0 Å². The fourth-order valence-electron chi connectivity index (χ4n) is 1.82. The summed E-state index contributed by atoms with van der Waals surface area (Å²) in [4.78, 5) is 18.2. The summed E-state index contributed by atoms with van der Waals surface area (Å²) < 4.78 is 2.10. The zero-order valence-corrected chi connectivity index (χ0v) is 9.53. The highest BCUT2D eigenvalue weighted by atomic mass is 16.2. The number of aromatic nitrogens is 2. The molecule has 1 aromatic rings. The first-order valence-electron chi connectivity index (χ1n) is 5.28. The van der Waals surface area contributed by atoms with Crippen LogP contribution in [0.25, 0.3) is 0 Å². The number of amides is 1. The Hall–Kier alpha value is -1.32. The average molecular weight is 207 g/mol. The monoisotopic (exact) mass is 207 g/mol. The van der Waals surface area contributed by atoms with Gasteiger partial charge in [0.2, 0.25) is 5.91 Å². The maximum Gasteiger partial charge on any atom is 0.228 e. The molecule has 15 heavy (non-hydrogen) atoms. The van der Waals surface area contributed by atoms with E-state index in [1.807, 2.05) is 31.9 Å². The highest BCUT2D eigenvalue weighted by molar-refractivity contribution is 5.81. The molecule has 0 unspecified atom stereocenters. The van der Waals surface area contributed by atoms with Crippen molar-refractivity contribution >= 4 is 5.91 Å². The van der Waals surface area contributed by atoms with Crippen LogP contribution < -0.4 is 0 Å². The predicted octanol–water partition coefficient (Wildman–Crippen LogP) is 1.27. The minimum absolute atomic E-state index is 0.205. The van der Waals surface area contributed by atoms with Gasteiger partial charge in [0.25, 0.3) is 0 Å². The molecule has 4 nitrogen and oxygen atoms in total. The van der Waals surface area contributed by atoms with E-state index in [1.165, 1.54) is 0 Å². The van der Waals surface area contributed by atoms with E-state index < -0.39 is 0 Å². The van der Waals surface area contributed by atoms with Crippen LogP contribution >= 0.6 is 0 Å². The molecular formula is C11H17N3O. The molecule has 0 radical (unpaired) electrons. The molecule has 0 saturated heterocycles. The SMILES string of the molecule is CC(C)(C)C(=O)N1CCn2ccnc2C1. The van der Waals surface area contributed by atoms with E-state index in [2.05, 4.69) is 9.55 Å². The Morgan fingerprint density at radius 3 is 2.80 bits per heavy atom. The first-order chi connectivity index (χ1) is 6.98. The first kappa shape index (κ1) is 10.2. The van der Waals surface area contributed by atoms with Gasteiger partial charge in [0.1, 0.15) is 5.82 Å². The molecule has 2 rings (SSSR count). The average Bonchev–Trinajstić information content (AvgIpc) is 2.61. The van der Waals surface area contributed by atoms with Crippen LogP contribution in [0.3, 0.4) is 0 Å². The summed E-state index contributed by atoms with van der Waals surface area (Å²) in [6, 6.07) is 0. The zero-order chi connectivity index (χ0) is 11.1. The molecule has 0 aromatic carbocycles. The molecule has 0 atom stereocenters. The molecule has 0 saturated carbocycles. The summed E-state index contributed by atoms with van der Waals surface area (Å²) in [5.41, 5.74) is -0.297. The second kappa shape index (κ2) is 3.36. The van der Waals surface area contributed by atoms with Gasteiger partial charge in [-0.15, -0.1) is 0 Å². The van der Waals surface area contributed by atoms with E-state index in [9.17, 15) is 4.79 Å². The van der Waals surface area contributed by atoms with Gasteiger partial charge in [0.05, 0.1) is 6.54 Å². The second-order valence-electron chi connectivity index (χ2n) is 5.01. The highest BCUT2D eigenvalue weighted by Gasteiger charge is 2.29. The zero-order valence-electron chi connectivity index (χ0n) is 9.53. The number of carbonyl (C=O) groups is 1. The first-order valence-corrected chi connectivity index (χ1v) is 5.28. The molecule has 0 bridgehead atoms. The van der Waals surface area contributed by atoms with Crippen LogP contribution in [0.1, 0.15) is 26.6 Å². The fraction of sp³-hybridized carbons (Fsp3) is 0.636. The third-order valence-corrected chi connectivity index (χ3v) is 2.67. The van der Waals surface area contributed by atoms with Crippen LogP contribution in [0.4, 0.5) is 0 Å². The van der Waals surface area contributed by atoms with Crippen molar-refractivity contribution < 1.29 is 4.79 Å². The van der Waals surface area contributed by atoms with Gasteiger partial charge in [-0.1, -0.05) is 20.8 Å². The van der Waals surface area contributed by atoms with E-state index in [-0.39, 0.29) is 11.3 Å². The number of imidazole rings is 1. The van der Waals surface area contributed by atoms with E-state index >= 15 is 0 Å². The van der Waals surface area contributed by atoms with Crippen molar-refractivity contribution in [1.29, 1.82) is 0 Å². The van der Waals surface area contributed by atoms with E-state index in [4.69, 9.17) is 0 Å². The summed E-state index contributed by atoms with van der Waals surface area (Å²) in [6.07, 6.45) is 3.76. The lowest BCUT2D eigenvalue weighted by Crippen LogP contribution is -2.43. The molecular weight excluding hydrogens is 190 g/mol. The molecule has 0 aliphatic carbocycles. The Morgan fingerprint density at radius 1 is 1.40 bits per heavy atom. The van der Waals surface area contributed by atoms with E-state index in [0.717, 1.165) is 18.9 Å². The quantitative estimate of drug-likeness (QED) is 0.642. The summed E-state index contributed by atoms with van der Waals surface area (Å²) >= 11 is 0. The van der Waals surface area contributed by atoms with Crippen molar-refractivity contribution in [1.82, 2.24) is 14.5 Å². The third-order valence-electron chi connectivity index (χ3n) is 2.67. The fourth-order valence-corrected chi connectivity index (χ4v) is 1.82. The molecule has 1 amide bonds. The maximum atomic E-state index is 12.0. The van der Waals surface area contributed by atoms with Gasteiger partial charge in [0, 0.05) is 30.9 Å². The van der Waals surface area contributed by atoms with Crippen molar-refractivity contribution in [2.45, 2.75) is 33.9 Å². The lowest BCUT2D eigenvalue weighted by atomic mass is 9.94. The Morgan fingerprint density at radius 2 is 2.13 bits per heavy atom. The minimum atomic E-state index is -0.297.